The molecule has 0 N–H and O–H groups in total. The van der Waals surface area contributed by atoms with Crippen molar-refractivity contribution in [1.29, 1.82) is 0 Å². The Morgan fingerprint density at radius 3 is 2.87 bits per heavy atom. The summed E-state index contributed by atoms with van der Waals surface area (Å²) in [6.07, 6.45) is 5.31. The van der Waals surface area contributed by atoms with Gasteiger partial charge in [0, 0.05) is 12.5 Å². The van der Waals surface area contributed by atoms with Gasteiger partial charge in [-0.15, -0.1) is 0 Å². The van der Waals surface area contributed by atoms with Crippen LogP contribution in [-0.4, -0.2) is 36.6 Å². The summed E-state index contributed by atoms with van der Waals surface area (Å²) in [5, 5.41) is 0. The summed E-state index contributed by atoms with van der Waals surface area (Å²) in [7, 11) is 0. The third kappa shape index (κ3) is 1.13. The van der Waals surface area contributed by atoms with Gasteiger partial charge in [0.05, 0.1) is 19.3 Å². The predicted octanol–water partition coefficient (Wildman–Crippen LogP) is 1.20. The monoisotopic (exact) mass is 207 g/mol. The lowest BCUT2D eigenvalue weighted by Crippen LogP contribution is -2.39. The van der Waals surface area contributed by atoms with Crippen LogP contribution in [0.25, 0.3) is 0 Å². The van der Waals surface area contributed by atoms with Crippen molar-refractivity contribution in [1.82, 2.24) is 4.90 Å². The quantitative estimate of drug-likeness (QED) is 0.605. The smallest absolute Gasteiger partial charge is 0.246 e. The van der Waals surface area contributed by atoms with E-state index < -0.39 is 0 Å². The molecule has 0 aromatic rings. The molecule has 1 spiro atoms. The molecule has 3 nitrogen and oxygen atoms in total. The van der Waals surface area contributed by atoms with Crippen LogP contribution in [0.2, 0.25) is 0 Å². The molecule has 2 heterocycles. The molecular weight excluding hydrogens is 190 g/mol. The molecule has 3 aliphatic rings. The fourth-order valence-electron chi connectivity index (χ4n) is 3.53. The lowest BCUT2D eigenvalue weighted by Gasteiger charge is -2.41. The largest absolute Gasteiger partial charge is 0.379 e. The SMILES string of the molecule is C=CC(=O)N1CC2(CCC2)[C@@H]2COC[C@@H]21. The highest BCUT2D eigenvalue weighted by atomic mass is 16.5. The van der Waals surface area contributed by atoms with Crippen molar-refractivity contribution in [2.45, 2.75) is 25.3 Å². The van der Waals surface area contributed by atoms with Crippen LogP contribution in [-0.2, 0) is 9.53 Å². The van der Waals surface area contributed by atoms with E-state index in [4.69, 9.17) is 4.74 Å². The molecule has 0 bridgehead atoms. The number of likely N-dealkylation sites (tertiary alicyclic amines) is 1. The van der Waals surface area contributed by atoms with Gasteiger partial charge in [-0.2, -0.15) is 0 Å². The standard InChI is InChI=1S/C12H17NO2/c1-2-11(14)13-8-12(4-3-5-12)9-6-15-7-10(9)13/h2,9-10H,1,3-8H2/t9-,10+/m1/s1. The molecular formula is C12H17NO2. The summed E-state index contributed by atoms with van der Waals surface area (Å²) >= 11 is 0. The molecule has 1 amide bonds. The summed E-state index contributed by atoms with van der Waals surface area (Å²) in [5.41, 5.74) is 0.403. The molecule has 0 aromatic heterocycles. The molecule has 2 aliphatic heterocycles. The lowest BCUT2D eigenvalue weighted by atomic mass is 9.62. The maximum absolute atomic E-state index is 11.7. The summed E-state index contributed by atoms with van der Waals surface area (Å²) in [6, 6.07) is 0.329. The van der Waals surface area contributed by atoms with E-state index in [0.29, 0.717) is 17.4 Å². The van der Waals surface area contributed by atoms with E-state index in [2.05, 4.69) is 6.58 Å². The van der Waals surface area contributed by atoms with Gasteiger partial charge < -0.3 is 9.64 Å². The lowest BCUT2D eigenvalue weighted by molar-refractivity contribution is -0.127. The first-order valence-electron chi connectivity index (χ1n) is 5.78. The van der Waals surface area contributed by atoms with E-state index >= 15 is 0 Å². The Morgan fingerprint density at radius 1 is 1.47 bits per heavy atom. The summed E-state index contributed by atoms with van der Waals surface area (Å²) in [4.78, 5) is 13.7. The minimum Gasteiger partial charge on any atom is -0.379 e. The molecule has 15 heavy (non-hydrogen) atoms. The summed E-state index contributed by atoms with van der Waals surface area (Å²) < 4.78 is 5.54. The van der Waals surface area contributed by atoms with Crippen LogP contribution in [0, 0.1) is 11.3 Å². The third-order valence-corrected chi connectivity index (χ3v) is 4.53. The average molecular weight is 207 g/mol. The summed E-state index contributed by atoms with van der Waals surface area (Å²) in [6.45, 7) is 6.10. The van der Waals surface area contributed by atoms with E-state index in [1.54, 1.807) is 0 Å². The zero-order valence-electron chi connectivity index (χ0n) is 8.95. The predicted molar refractivity (Wildman–Crippen MR) is 56.3 cm³/mol. The normalized spacial score (nSPS) is 36.4. The Balaban J connectivity index is 1.87. The number of hydrogen-bond acceptors (Lipinski definition) is 2. The average Bonchev–Trinajstić information content (AvgIpc) is 2.73. The van der Waals surface area contributed by atoms with Crippen LogP contribution in [0.4, 0.5) is 0 Å². The number of carbonyl (C=O) groups is 1. The van der Waals surface area contributed by atoms with Gasteiger partial charge in [-0.25, -0.2) is 0 Å². The van der Waals surface area contributed by atoms with Crippen molar-refractivity contribution < 1.29 is 9.53 Å². The van der Waals surface area contributed by atoms with Crippen molar-refractivity contribution in [3.63, 3.8) is 0 Å². The Labute approximate surface area is 90.1 Å². The molecule has 82 valence electrons. The van der Waals surface area contributed by atoms with Gasteiger partial charge in [0.2, 0.25) is 5.91 Å². The molecule has 3 heteroatoms. The molecule has 1 saturated carbocycles. The van der Waals surface area contributed by atoms with Crippen LogP contribution in [0.3, 0.4) is 0 Å². The molecule has 3 rings (SSSR count). The van der Waals surface area contributed by atoms with Crippen molar-refractivity contribution >= 4 is 5.91 Å². The number of rotatable bonds is 1. The van der Waals surface area contributed by atoms with Crippen LogP contribution < -0.4 is 0 Å². The number of carbonyl (C=O) groups excluding carboxylic acids is 1. The number of nitrogens with zero attached hydrogens (tertiary/aromatic N) is 1. The maximum atomic E-state index is 11.7. The Bertz CT molecular complexity index is 309. The first-order chi connectivity index (χ1) is 7.27. The van der Waals surface area contributed by atoms with Gasteiger partial charge in [0.25, 0.3) is 0 Å². The molecule has 0 radical (unpaired) electrons. The van der Waals surface area contributed by atoms with Gasteiger partial charge in [0.15, 0.2) is 0 Å². The van der Waals surface area contributed by atoms with E-state index in [0.717, 1.165) is 19.8 Å². The zero-order valence-corrected chi connectivity index (χ0v) is 8.95. The second-order valence-electron chi connectivity index (χ2n) is 5.10. The second kappa shape index (κ2) is 3.08. The number of amides is 1. The van der Waals surface area contributed by atoms with Gasteiger partial charge in [0.1, 0.15) is 0 Å². The van der Waals surface area contributed by atoms with Crippen molar-refractivity contribution in [3.05, 3.63) is 12.7 Å². The number of hydrogen-bond donors (Lipinski definition) is 0. The van der Waals surface area contributed by atoms with Gasteiger partial charge in [-0.3, -0.25) is 4.79 Å². The third-order valence-electron chi connectivity index (χ3n) is 4.53. The van der Waals surface area contributed by atoms with E-state index in [-0.39, 0.29) is 5.91 Å². The first-order valence-corrected chi connectivity index (χ1v) is 5.78. The summed E-state index contributed by atoms with van der Waals surface area (Å²) in [5.74, 6) is 0.675. The molecule has 0 aromatic carbocycles. The zero-order chi connectivity index (χ0) is 10.5. The number of ether oxygens (including phenoxy) is 1. The van der Waals surface area contributed by atoms with Crippen LogP contribution in [0.15, 0.2) is 12.7 Å². The molecule has 2 atom stereocenters. The highest BCUT2D eigenvalue weighted by Gasteiger charge is 2.58. The van der Waals surface area contributed by atoms with E-state index in [1.165, 1.54) is 25.3 Å². The first kappa shape index (κ1) is 9.40. The van der Waals surface area contributed by atoms with Crippen molar-refractivity contribution in [3.8, 4) is 0 Å². The molecule has 0 unspecified atom stereocenters. The fourth-order valence-corrected chi connectivity index (χ4v) is 3.53. The van der Waals surface area contributed by atoms with Gasteiger partial charge in [-0.1, -0.05) is 13.0 Å². The minimum absolute atomic E-state index is 0.0827. The topological polar surface area (TPSA) is 29.5 Å². The van der Waals surface area contributed by atoms with Crippen LogP contribution in [0.1, 0.15) is 19.3 Å². The fraction of sp³-hybridized carbons (Fsp3) is 0.750. The molecule has 1 aliphatic carbocycles. The Kier molecular flexibility index (Phi) is 1.93. The maximum Gasteiger partial charge on any atom is 0.246 e. The van der Waals surface area contributed by atoms with E-state index in [9.17, 15) is 4.79 Å². The van der Waals surface area contributed by atoms with Gasteiger partial charge >= 0.3 is 0 Å². The van der Waals surface area contributed by atoms with Gasteiger partial charge in [-0.05, 0) is 24.3 Å². The highest BCUT2D eigenvalue weighted by Crippen LogP contribution is 2.55. The highest BCUT2D eigenvalue weighted by molar-refractivity contribution is 5.87. The van der Waals surface area contributed by atoms with Crippen molar-refractivity contribution in [2.24, 2.45) is 11.3 Å². The second-order valence-corrected chi connectivity index (χ2v) is 5.10. The molecule has 3 fully saturated rings. The van der Waals surface area contributed by atoms with Crippen LogP contribution in [0.5, 0.6) is 0 Å². The van der Waals surface area contributed by atoms with E-state index in [1.807, 2.05) is 4.90 Å². The molecule has 2 saturated heterocycles. The minimum atomic E-state index is 0.0827. The Hall–Kier alpha value is -0.830. The van der Waals surface area contributed by atoms with Crippen LogP contribution >= 0.6 is 0 Å². The Morgan fingerprint density at radius 2 is 2.27 bits per heavy atom. The number of fused-ring (bicyclic) bond motifs is 2. The van der Waals surface area contributed by atoms with Crippen molar-refractivity contribution in [2.75, 3.05) is 19.8 Å².